The number of anilines is 2. The normalized spacial score (nSPS) is 20.0. The second kappa shape index (κ2) is 8.29. The molecule has 0 saturated carbocycles. The molecule has 1 aromatic carbocycles. The van der Waals surface area contributed by atoms with E-state index in [4.69, 9.17) is 23.2 Å². The molecule has 0 fully saturated rings. The Labute approximate surface area is 192 Å². The molecule has 2 aliphatic rings. The molecule has 5 nitrogen and oxygen atoms in total. The van der Waals surface area contributed by atoms with Crippen molar-refractivity contribution in [1.82, 2.24) is 4.98 Å². The van der Waals surface area contributed by atoms with Crippen LogP contribution in [0.25, 0.3) is 0 Å². The highest BCUT2D eigenvalue weighted by atomic mass is 35.5. The van der Waals surface area contributed by atoms with Crippen molar-refractivity contribution in [2.45, 2.75) is 52.5 Å². The van der Waals surface area contributed by atoms with Gasteiger partial charge in [0, 0.05) is 40.9 Å². The van der Waals surface area contributed by atoms with Crippen molar-refractivity contribution in [3.8, 4) is 0 Å². The number of aromatic nitrogens is 1. The topological polar surface area (TPSA) is 62.3 Å². The van der Waals surface area contributed by atoms with E-state index >= 15 is 0 Å². The molecule has 2 aromatic rings. The summed E-state index contributed by atoms with van der Waals surface area (Å²) in [7, 11) is 0. The quantitative estimate of drug-likeness (QED) is 0.631. The standard InChI is InChI=1S/C24H25Cl2N3O2/c1-14(30)29-20-8-9-27-13-19(20)28-18-11-24(2,3)12-22(31)23(18)21(29)7-5-15-4-6-16(25)10-17(15)26/h4,6,8-10,13,21,28H,5,7,11-12H2,1-3H3. The second-order valence-electron chi connectivity index (χ2n) is 9.03. The molecule has 1 unspecified atom stereocenters. The number of nitrogens with one attached hydrogen (secondary N) is 1. The van der Waals surface area contributed by atoms with Crippen molar-refractivity contribution in [2.24, 2.45) is 5.41 Å². The summed E-state index contributed by atoms with van der Waals surface area (Å²) in [6.07, 6.45) is 5.73. The average Bonchev–Trinajstić information content (AvgIpc) is 2.80. The number of ketones is 1. The number of nitrogens with zero attached hydrogens (tertiary/aromatic N) is 2. The highest BCUT2D eigenvalue weighted by Gasteiger charge is 2.41. The number of Topliss-reactive ketones (excluding diaryl/α,β-unsaturated/α-hetero) is 1. The van der Waals surface area contributed by atoms with Crippen LogP contribution in [0.15, 0.2) is 47.9 Å². The lowest BCUT2D eigenvalue weighted by Crippen LogP contribution is -2.44. The van der Waals surface area contributed by atoms with E-state index < -0.39 is 0 Å². The van der Waals surface area contributed by atoms with Gasteiger partial charge in [0.25, 0.3) is 0 Å². The Morgan fingerprint density at radius 2 is 2.03 bits per heavy atom. The van der Waals surface area contributed by atoms with Crippen molar-refractivity contribution in [2.75, 3.05) is 10.2 Å². The van der Waals surface area contributed by atoms with Gasteiger partial charge in [-0.2, -0.15) is 0 Å². The number of carbonyl (C=O) groups is 2. The van der Waals surface area contributed by atoms with Gasteiger partial charge >= 0.3 is 0 Å². The third-order valence-corrected chi connectivity index (χ3v) is 6.54. The second-order valence-corrected chi connectivity index (χ2v) is 9.87. The maximum absolute atomic E-state index is 13.4. The van der Waals surface area contributed by atoms with E-state index in [-0.39, 0.29) is 23.1 Å². The molecule has 31 heavy (non-hydrogen) atoms. The molecule has 0 saturated heterocycles. The summed E-state index contributed by atoms with van der Waals surface area (Å²) in [5, 5.41) is 4.60. The van der Waals surface area contributed by atoms with E-state index in [1.807, 2.05) is 12.1 Å². The molecule has 4 rings (SSSR count). The molecule has 7 heteroatoms. The van der Waals surface area contributed by atoms with Crippen LogP contribution < -0.4 is 10.2 Å². The lowest BCUT2D eigenvalue weighted by atomic mass is 9.73. The number of rotatable bonds is 3. The van der Waals surface area contributed by atoms with Crippen LogP contribution in [0.1, 0.15) is 45.6 Å². The molecule has 0 spiro atoms. The Balaban J connectivity index is 1.81. The molecule has 162 valence electrons. The van der Waals surface area contributed by atoms with Gasteiger partial charge in [0.05, 0.1) is 23.6 Å². The summed E-state index contributed by atoms with van der Waals surface area (Å²) in [5.41, 5.74) is 3.83. The van der Waals surface area contributed by atoms with Gasteiger partial charge in [0.2, 0.25) is 5.91 Å². The zero-order valence-electron chi connectivity index (χ0n) is 17.8. The number of benzene rings is 1. The minimum atomic E-state index is -0.390. The molecule has 1 N–H and O–H groups in total. The SMILES string of the molecule is CC(=O)N1c2ccncc2NC2=C(C(=O)CC(C)(C)C2)C1CCc1ccc(Cl)cc1Cl. The Bertz CT molecular complexity index is 1090. The van der Waals surface area contributed by atoms with Gasteiger partial charge in [-0.1, -0.05) is 43.1 Å². The van der Waals surface area contributed by atoms with Gasteiger partial charge in [-0.25, -0.2) is 0 Å². The summed E-state index contributed by atoms with van der Waals surface area (Å²) in [4.78, 5) is 32.2. The number of halogens is 2. The van der Waals surface area contributed by atoms with Crippen LogP contribution in [-0.2, 0) is 16.0 Å². The van der Waals surface area contributed by atoms with Gasteiger partial charge < -0.3 is 10.2 Å². The van der Waals surface area contributed by atoms with Gasteiger partial charge in [-0.05, 0) is 48.4 Å². The Kier molecular flexibility index (Phi) is 5.84. The van der Waals surface area contributed by atoms with E-state index in [1.54, 1.807) is 29.4 Å². The summed E-state index contributed by atoms with van der Waals surface area (Å²) in [6, 6.07) is 6.85. The zero-order valence-corrected chi connectivity index (χ0v) is 19.3. The fourth-order valence-electron chi connectivity index (χ4n) is 4.67. The number of pyridine rings is 1. The highest BCUT2D eigenvalue weighted by molar-refractivity contribution is 6.35. The third-order valence-electron chi connectivity index (χ3n) is 5.95. The van der Waals surface area contributed by atoms with Crippen molar-refractivity contribution >= 4 is 46.3 Å². The molecule has 0 radical (unpaired) electrons. The van der Waals surface area contributed by atoms with Gasteiger partial charge in [0.15, 0.2) is 5.78 Å². The van der Waals surface area contributed by atoms with Crippen LogP contribution >= 0.6 is 23.2 Å². The Morgan fingerprint density at radius 1 is 1.26 bits per heavy atom. The molecule has 1 aliphatic heterocycles. The first-order chi connectivity index (χ1) is 14.7. The first kappa shape index (κ1) is 21.8. The van der Waals surface area contributed by atoms with Gasteiger partial charge in [0.1, 0.15) is 0 Å². The van der Waals surface area contributed by atoms with Crippen LogP contribution in [0.5, 0.6) is 0 Å². The summed E-state index contributed by atoms with van der Waals surface area (Å²) < 4.78 is 0. The highest BCUT2D eigenvalue weighted by Crippen LogP contribution is 2.44. The van der Waals surface area contributed by atoms with Crippen LogP contribution in [0, 0.1) is 5.41 Å². The fourth-order valence-corrected chi connectivity index (χ4v) is 5.17. The van der Waals surface area contributed by atoms with Crippen molar-refractivity contribution in [3.05, 3.63) is 63.5 Å². The van der Waals surface area contributed by atoms with Crippen LogP contribution in [-0.4, -0.2) is 22.7 Å². The molecule has 1 aromatic heterocycles. The maximum Gasteiger partial charge on any atom is 0.224 e. The molecule has 1 aliphatic carbocycles. The van der Waals surface area contributed by atoms with E-state index in [0.29, 0.717) is 34.9 Å². The minimum absolute atomic E-state index is 0.0815. The van der Waals surface area contributed by atoms with E-state index in [9.17, 15) is 9.59 Å². The van der Waals surface area contributed by atoms with Crippen molar-refractivity contribution in [1.29, 1.82) is 0 Å². The number of fused-ring (bicyclic) bond motifs is 1. The maximum atomic E-state index is 13.4. The third kappa shape index (κ3) is 4.35. The van der Waals surface area contributed by atoms with Gasteiger partial charge in [-0.15, -0.1) is 0 Å². The summed E-state index contributed by atoms with van der Waals surface area (Å²) in [6.45, 7) is 5.72. The predicted molar refractivity (Wildman–Crippen MR) is 125 cm³/mol. The molecule has 2 heterocycles. The number of allylic oxidation sites excluding steroid dienone is 1. The monoisotopic (exact) mass is 457 g/mol. The molecule has 1 amide bonds. The van der Waals surface area contributed by atoms with Gasteiger partial charge in [-0.3, -0.25) is 14.6 Å². The molecule has 0 bridgehead atoms. The van der Waals surface area contributed by atoms with E-state index in [1.165, 1.54) is 6.92 Å². The zero-order chi connectivity index (χ0) is 22.3. The van der Waals surface area contributed by atoms with E-state index in [2.05, 4.69) is 24.1 Å². The summed E-state index contributed by atoms with van der Waals surface area (Å²) in [5.74, 6) is -0.0363. The lowest BCUT2D eigenvalue weighted by Gasteiger charge is -2.36. The predicted octanol–water partition coefficient (Wildman–Crippen LogP) is 5.81. The molecular formula is C24H25Cl2N3O2. The van der Waals surface area contributed by atoms with E-state index in [0.717, 1.165) is 29.1 Å². The summed E-state index contributed by atoms with van der Waals surface area (Å²) >= 11 is 12.4. The number of hydrogen-bond donors (Lipinski definition) is 1. The average molecular weight is 458 g/mol. The van der Waals surface area contributed by atoms with Crippen molar-refractivity contribution < 1.29 is 9.59 Å². The Hall–Kier alpha value is -2.37. The largest absolute Gasteiger partial charge is 0.356 e. The number of aryl methyl sites for hydroxylation is 1. The number of hydrogen-bond acceptors (Lipinski definition) is 4. The smallest absolute Gasteiger partial charge is 0.224 e. The van der Waals surface area contributed by atoms with Crippen molar-refractivity contribution in [3.63, 3.8) is 0 Å². The molecular weight excluding hydrogens is 433 g/mol. The first-order valence-electron chi connectivity index (χ1n) is 10.4. The fraction of sp³-hybridized carbons (Fsp3) is 0.375. The Morgan fingerprint density at radius 3 is 2.74 bits per heavy atom. The molecule has 1 atom stereocenters. The van der Waals surface area contributed by atoms with Crippen LogP contribution in [0.2, 0.25) is 10.0 Å². The lowest BCUT2D eigenvalue weighted by molar-refractivity contribution is -0.118. The first-order valence-corrected chi connectivity index (χ1v) is 11.1. The van der Waals surface area contributed by atoms with Crippen LogP contribution in [0.4, 0.5) is 11.4 Å². The van der Waals surface area contributed by atoms with Crippen LogP contribution in [0.3, 0.4) is 0 Å². The number of carbonyl (C=O) groups excluding carboxylic acids is 2. The number of amides is 1. The minimum Gasteiger partial charge on any atom is -0.356 e.